The van der Waals surface area contributed by atoms with E-state index < -0.39 is 0 Å². The summed E-state index contributed by atoms with van der Waals surface area (Å²) in [6.07, 6.45) is 7.30. The predicted molar refractivity (Wildman–Crippen MR) is 96.9 cm³/mol. The van der Waals surface area contributed by atoms with Crippen LogP contribution in [-0.4, -0.2) is 35.1 Å². The second-order valence-corrected chi connectivity index (χ2v) is 6.78. The third kappa shape index (κ3) is 5.04. The highest BCUT2D eigenvalue weighted by atomic mass is 32.2. The summed E-state index contributed by atoms with van der Waals surface area (Å²) < 4.78 is 0. The fraction of sp³-hybridized carbons (Fsp3) is 0.600. The smallest absolute Gasteiger partial charge is 0.226 e. The first-order chi connectivity index (χ1) is 10.3. The number of hydrogen-bond acceptors (Lipinski definition) is 6. The van der Waals surface area contributed by atoms with E-state index in [9.17, 15) is 0 Å². The predicted octanol–water partition coefficient (Wildman–Crippen LogP) is 4.46. The molecule has 2 aromatic heterocycles. The Hall–Kier alpha value is -1.01. The summed E-state index contributed by atoms with van der Waals surface area (Å²) in [5.74, 6) is 2.96. The second kappa shape index (κ2) is 9.10. The molecular weight excluding hydrogens is 300 g/mol. The second-order valence-electron chi connectivity index (χ2n) is 4.90. The summed E-state index contributed by atoms with van der Waals surface area (Å²) in [6.45, 7) is 3.88. The summed E-state index contributed by atoms with van der Waals surface area (Å²) in [4.78, 5) is 10.1. The van der Waals surface area contributed by atoms with Gasteiger partial charge >= 0.3 is 0 Å². The van der Waals surface area contributed by atoms with Crippen molar-refractivity contribution in [1.82, 2.24) is 9.97 Å². The van der Waals surface area contributed by atoms with Crippen molar-refractivity contribution in [3.05, 3.63) is 11.4 Å². The van der Waals surface area contributed by atoms with Crippen LogP contribution in [0, 0.1) is 0 Å². The maximum absolute atomic E-state index is 4.58. The maximum atomic E-state index is 4.58. The summed E-state index contributed by atoms with van der Waals surface area (Å²) in [5.41, 5.74) is 0. The van der Waals surface area contributed by atoms with Crippen molar-refractivity contribution < 1.29 is 0 Å². The standard InChI is InChI=1S/C15H24N4S2/c1-3-16-15-18-13(12-8-11-21-14(12)19-15)17-9-6-4-5-7-10-20-2/h8,11H,3-7,9-10H2,1-2H3,(H2,16,17,18,19). The Morgan fingerprint density at radius 3 is 2.81 bits per heavy atom. The third-order valence-electron chi connectivity index (χ3n) is 3.23. The first kappa shape index (κ1) is 16.4. The van der Waals surface area contributed by atoms with Gasteiger partial charge in [0.15, 0.2) is 0 Å². The van der Waals surface area contributed by atoms with Crippen molar-refractivity contribution in [3.8, 4) is 0 Å². The SMILES string of the molecule is CCNc1nc(NCCCCCCSC)c2ccsc2n1. The van der Waals surface area contributed by atoms with Crippen LogP contribution in [0.4, 0.5) is 11.8 Å². The van der Waals surface area contributed by atoms with Crippen molar-refractivity contribution in [2.24, 2.45) is 0 Å². The van der Waals surface area contributed by atoms with E-state index in [4.69, 9.17) is 0 Å². The number of hydrogen-bond donors (Lipinski definition) is 2. The molecule has 0 aromatic carbocycles. The molecule has 2 rings (SSSR count). The fourth-order valence-electron chi connectivity index (χ4n) is 2.16. The summed E-state index contributed by atoms with van der Waals surface area (Å²) >= 11 is 3.59. The summed E-state index contributed by atoms with van der Waals surface area (Å²) in [5, 5.41) is 9.87. The zero-order valence-electron chi connectivity index (χ0n) is 12.8. The van der Waals surface area contributed by atoms with Gasteiger partial charge in [-0.1, -0.05) is 12.8 Å². The van der Waals surface area contributed by atoms with Gasteiger partial charge in [-0.15, -0.1) is 11.3 Å². The lowest BCUT2D eigenvalue weighted by molar-refractivity contribution is 0.688. The molecule has 0 spiro atoms. The van der Waals surface area contributed by atoms with Gasteiger partial charge in [-0.3, -0.25) is 0 Å². The molecule has 0 unspecified atom stereocenters. The highest BCUT2D eigenvalue weighted by Gasteiger charge is 2.07. The van der Waals surface area contributed by atoms with Gasteiger partial charge in [0.05, 0.1) is 5.39 Å². The summed E-state index contributed by atoms with van der Waals surface area (Å²) in [6, 6.07) is 2.09. The fourth-order valence-corrected chi connectivity index (χ4v) is 3.42. The van der Waals surface area contributed by atoms with Crippen LogP contribution < -0.4 is 10.6 Å². The average molecular weight is 325 g/mol. The van der Waals surface area contributed by atoms with Crippen molar-refractivity contribution in [1.29, 1.82) is 0 Å². The van der Waals surface area contributed by atoms with Gasteiger partial charge in [-0.2, -0.15) is 16.7 Å². The van der Waals surface area contributed by atoms with E-state index in [0.717, 1.165) is 35.1 Å². The van der Waals surface area contributed by atoms with Crippen LogP contribution in [0.5, 0.6) is 0 Å². The van der Waals surface area contributed by atoms with Gasteiger partial charge in [0.25, 0.3) is 0 Å². The molecule has 2 N–H and O–H groups in total. The van der Waals surface area contributed by atoms with Gasteiger partial charge in [-0.25, -0.2) is 4.98 Å². The van der Waals surface area contributed by atoms with E-state index in [1.54, 1.807) is 11.3 Å². The zero-order chi connectivity index (χ0) is 14.9. The normalized spacial score (nSPS) is 11.0. The highest BCUT2D eigenvalue weighted by Crippen LogP contribution is 2.26. The molecule has 0 radical (unpaired) electrons. The number of fused-ring (bicyclic) bond motifs is 1. The van der Waals surface area contributed by atoms with E-state index in [-0.39, 0.29) is 0 Å². The van der Waals surface area contributed by atoms with Crippen LogP contribution >= 0.6 is 23.1 Å². The molecule has 6 heteroatoms. The minimum absolute atomic E-state index is 0.718. The minimum Gasteiger partial charge on any atom is -0.369 e. The number of thiophene rings is 1. The lowest BCUT2D eigenvalue weighted by Gasteiger charge is -2.09. The Kier molecular flexibility index (Phi) is 7.09. The number of anilines is 2. The Morgan fingerprint density at radius 1 is 1.14 bits per heavy atom. The number of aromatic nitrogens is 2. The van der Waals surface area contributed by atoms with E-state index in [2.05, 4.69) is 45.2 Å². The number of thioether (sulfide) groups is 1. The molecule has 0 aliphatic carbocycles. The molecule has 116 valence electrons. The van der Waals surface area contributed by atoms with Gasteiger partial charge in [0.2, 0.25) is 5.95 Å². The summed E-state index contributed by atoms with van der Waals surface area (Å²) in [7, 11) is 0. The minimum atomic E-state index is 0.718. The number of nitrogens with one attached hydrogen (secondary N) is 2. The molecule has 4 nitrogen and oxygen atoms in total. The first-order valence-corrected chi connectivity index (χ1v) is 9.84. The van der Waals surface area contributed by atoms with Crippen LogP contribution in [0.1, 0.15) is 32.6 Å². The van der Waals surface area contributed by atoms with Gasteiger partial charge < -0.3 is 10.6 Å². The van der Waals surface area contributed by atoms with Crippen LogP contribution in [0.25, 0.3) is 10.2 Å². The Labute approximate surface area is 135 Å². The van der Waals surface area contributed by atoms with E-state index in [1.807, 2.05) is 11.8 Å². The number of rotatable bonds is 10. The molecule has 0 atom stereocenters. The Bertz CT molecular complexity index is 541. The zero-order valence-corrected chi connectivity index (χ0v) is 14.4. The topological polar surface area (TPSA) is 49.8 Å². The van der Waals surface area contributed by atoms with Crippen molar-refractivity contribution in [2.45, 2.75) is 32.6 Å². The van der Waals surface area contributed by atoms with Crippen molar-refractivity contribution >= 4 is 45.1 Å². The molecule has 21 heavy (non-hydrogen) atoms. The lowest BCUT2D eigenvalue weighted by Crippen LogP contribution is -2.07. The maximum Gasteiger partial charge on any atom is 0.226 e. The average Bonchev–Trinajstić information content (AvgIpc) is 2.95. The Balaban J connectivity index is 1.87. The van der Waals surface area contributed by atoms with Crippen LogP contribution in [0.15, 0.2) is 11.4 Å². The molecule has 0 saturated heterocycles. The van der Waals surface area contributed by atoms with Gasteiger partial charge in [0.1, 0.15) is 10.6 Å². The molecule has 2 aromatic rings. The van der Waals surface area contributed by atoms with Gasteiger partial charge in [0, 0.05) is 13.1 Å². The van der Waals surface area contributed by atoms with Crippen molar-refractivity contribution in [3.63, 3.8) is 0 Å². The van der Waals surface area contributed by atoms with Crippen LogP contribution in [0.2, 0.25) is 0 Å². The molecule has 0 saturated carbocycles. The number of unbranched alkanes of at least 4 members (excludes halogenated alkanes) is 3. The molecule has 0 aliphatic rings. The lowest BCUT2D eigenvalue weighted by atomic mass is 10.2. The molecule has 0 aliphatic heterocycles. The van der Waals surface area contributed by atoms with Crippen LogP contribution in [-0.2, 0) is 0 Å². The molecule has 0 fully saturated rings. The third-order valence-corrected chi connectivity index (χ3v) is 4.73. The molecular formula is C15H24N4S2. The van der Waals surface area contributed by atoms with E-state index in [1.165, 1.54) is 31.4 Å². The largest absolute Gasteiger partial charge is 0.369 e. The van der Waals surface area contributed by atoms with E-state index in [0.29, 0.717) is 0 Å². The molecule has 2 heterocycles. The molecule has 0 bridgehead atoms. The first-order valence-electron chi connectivity index (χ1n) is 7.57. The number of nitrogens with zero attached hydrogens (tertiary/aromatic N) is 2. The quantitative estimate of drug-likeness (QED) is 0.632. The molecule has 0 amide bonds. The Morgan fingerprint density at radius 2 is 2.00 bits per heavy atom. The van der Waals surface area contributed by atoms with Crippen LogP contribution in [0.3, 0.4) is 0 Å². The van der Waals surface area contributed by atoms with Crippen molar-refractivity contribution in [2.75, 3.05) is 35.7 Å². The van der Waals surface area contributed by atoms with E-state index >= 15 is 0 Å². The van der Waals surface area contributed by atoms with Gasteiger partial charge in [-0.05, 0) is 43.2 Å². The highest BCUT2D eigenvalue weighted by molar-refractivity contribution is 7.98. The monoisotopic (exact) mass is 324 g/mol.